The van der Waals surface area contributed by atoms with Crippen molar-refractivity contribution in [3.8, 4) is 5.75 Å². The molecule has 0 spiro atoms. The van der Waals surface area contributed by atoms with Crippen molar-refractivity contribution in [3.05, 3.63) is 58.9 Å². The number of carbonyl (C=O) groups excluding carboxylic acids is 2. The molecular weight excluding hydrogens is 322 g/mol. The van der Waals surface area contributed by atoms with E-state index in [9.17, 15) is 14.7 Å². The lowest BCUT2D eigenvalue weighted by atomic mass is 10.1. The third-order valence-corrected chi connectivity index (χ3v) is 3.85. The molecule has 0 aliphatic rings. The summed E-state index contributed by atoms with van der Waals surface area (Å²) in [4.78, 5) is 27.1. The van der Waals surface area contributed by atoms with Crippen LogP contribution >= 0.6 is 0 Å². The summed E-state index contributed by atoms with van der Waals surface area (Å²) >= 11 is 0. The van der Waals surface area contributed by atoms with Gasteiger partial charge in [0.05, 0.1) is 31.9 Å². The van der Waals surface area contributed by atoms with Gasteiger partial charge in [-0.15, -0.1) is 0 Å². The fourth-order valence-electron chi connectivity index (χ4n) is 2.38. The molecule has 0 fully saturated rings. The first kappa shape index (κ1) is 18.4. The maximum atomic E-state index is 11.4. The van der Waals surface area contributed by atoms with Crippen molar-refractivity contribution >= 4 is 11.9 Å². The van der Waals surface area contributed by atoms with E-state index in [-0.39, 0.29) is 24.1 Å². The molecule has 2 aromatic rings. The van der Waals surface area contributed by atoms with Gasteiger partial charge >= 0.3 is 11.9 Å². The van der Waals surface area contributed by atoms with Gasteiger partial charge in [-0.3, -0.25) is 9.78 Å². The van der Waals surface area contributed by atoms with E-state index in [4.69, 9.17) is 0 Å². The van der Waals surface area contributed by atoms with E-state index >= 15 is 0 Å². The van der Waals surface area contributed by atoms with Gasteiger partial charge < -0.3 is 14.6 Å². The molecule has 0 aliphatic heterocycles. The molecule has 0 radical (unpaired) electrons. The van der Waals surface area contributed by atoms with Crippen LogP contribution in [0.25, 0.3) is 0 Å². The molecule has 0 saturated heterocycles. The molecule has 2 rings (SSSR count). The van der Waals surface area contributed by atoms with Crippen molar-refractivity contribution in [2.75, 3.05) is 14.2 Å². The van der Waals surface area contributed by atoms with Crippen molar-refractivity contribution in [1.29, 1.82) is 0 Å². The number of aromatic nitrogens is 1. The van der Waals surface area contributed by atoms with E-state index in [1.54, 1.807) is 24.3 Å². The monoisotopic (exact) mass is 343 g/mol. The van der Waals surface area contributed by atoms with E-state index in [1.165, 1.54) is 14.2 Å². The average Bonchev–Trinajstić information content (AvgIpc) is 2.65. The first-order valence-electron chi connectivity index (χ1n) is 7.95. The summed E-state index contributed by atoms with van der Waals surface area (Å²) in [6.45, 7) is 0. The predicted octanol–water partition coefficient (Wildman–Crippen LogP) is 2.46. The Hall–Kier alpha value is -2.89. The Morgan fingerprint density at radius 1 is 0.960 bits per heavy atom. The van der Waals surface area contributed by atoms with Crippen molar-refractivity contribution in [1.82, 2.24) is 4.98 Å². The smallest absolute Gasteiger partial charge is 0.337 e. The number of pyridine rings is 1. The van der Waals surface area contributed by atoms with Crippen LogP contribution in [-0.2, 0) is 33.5 Å². The Bertz CT molecular complexity index is 740. The highest BCUT2D eigenvalue weighted by Crippen LogP contribution is 2.18. The summed E-state index contributed by atoms with van der Waals surface area (Å²) in [5, 5.41) is 9.85. The first-order chi connectivity index (χ1) is 12.0. The molecule has 6 nitrogen and oxygen atoms in total. The van der Waals surface area contributed by atoms with Crippen molar-refractivity contribution in [2.24, 2.45) is 0 Å². The SMILES string of the molecule is COC(=O)CCc1nc(CCc2ccc(C(=O)OC)cc2)ccc1O. The van der Waals surface area contributed by atoms with Crippen LogP contribution < -0.4 is 0 Å². The average molecular weight is 343 g/mol. The second kappa shape index (κ2) is 8.82. The molecule has 0 amide bonds. The second-order valence-electron chi connectivity index (χ2n) is 5.53. The Balaban J connectivity index is 1.98. The minimum atomic E-state index is -0.359. The van der Waals surface area contributed by atoms with E-state index in [1.807, 2.05) is 12.1 Å². The normalized spacial score (nSPS) is 10.3. The largest absolute Gasteiger partial charge is 0.506 e. The topological polar surface area (TPSA) is 85.7 Å². The van der Waals surface area contributed by atoms with E-state index < -0.39 is 0 Å². The number of esters is 2. The van der Waals surface area contributed by atoms with Gasteiger partial charge in [-0.2, -0.15) is 0 Å². The highest BCUT2D eigenvalue weighted by Gasteiger charge is 2.09. The van der Waals surface area contributed by atoms with Crippen LogP contribution in [-0.4, -0.2) is 36.2 Å². The molecule has 132 valence electrons. The van der Waals surface area contributed by atoms with Gasteiger partial charge in [0.25, 0.3) is 0 Å². The number of hydrogen-bond acceptors (Lipinski definition) is 6. The summed E-state index contributed by atoms with van der Waals surface area (Å²) < 4.78 is 9.27. The van der Waals surface area contributed by atoms with Gasteiger partial charge in [0.2, 0.25) is 0 Å². The molecule has 1 aromatic carbocycles. The number of carbonyl (C=O) groups is 2. The predicted molar refractivity (Wildman–Crippen MR) is 91.4 cm³/mol. The van der Waals surface area contributed by atoms with E-state index in [2.05, 4.69) is 14.5 Å². The molecule has 1 aromatic heterocycles. The molecule has 25 heavy (non-hydrogen) atoms. The Morgan fingerprint density at radius 2 is 1.68 bits per heavy atom. The zero-order valence-electron chi connectivity index (χ0n) is 14.3. The number of ether oxygens (including phenoxy) is 2. The maximum absolute atomic E-state index is 11.4. The zero-order valence-corrected chi connectivity index (χ0v) is 14.3. The number of benzene rings is 1. The van der Waals surface area contributed by atoms with Crippen LogP contribution in [0.15, 0.2) is 36.4 Å². The van der Waals surface area contributed by atoms with Crippen LogP contribution in [0.5, 0.6) is 5.75 Å². The van der Waals surface area contributed by atoms with Gasteiger partial charge in [-0.1, -0.05) is 12.1 Å². The minimum absolute atomic E-state index is 0.0788. The summed E-state index contributed by atoms with van der Waals surface area (Å²) in [5.74, 6) is -0.616. The Morgan fingerprint density at radius 3 is 2.32 bits per heavy atom. The number of aromatic hydroxyl groups is 1. The third-order valence-electron chi connectivity index (χ3n) is 3.85. The summed E-state index contributed by atoms with van der Waals surface area (Å²) in [6, 6.07) is 10.6. The van der Waals surface area contributed by atoms with E-state index in [0.29, 0.717) is 24.1 Å². The lowest BCUT2D eigenvalue weighted by Gasteiger charge is -2.07. The molecule has 0 unspecified atom stereocenters. The van der Waals surface area contributed by atoms with Crippen LogP contribution in [0.4, 0.5) is 0 Å². The second-order valence-corrected chi connectivity index (χ2v) is 5.53. The highest BCUT2D eigenvalue weighted by molar-refractivity contribution is 5.89. The van der Waals surface area contributed by atoms with Crippen molar-refractivity contribution < 1.29 is 24.2 Å². The van der Waals surface area contributed by atoms with Crippen LogP contribution in [0.3, 0.4) is 0 Å². The lowest BCUT2D eigenvalue weighted by molar-refractivity contribution is -0.140. The summed E-state index contributed by atoms with van der Waals surface area (Å²) in [6.07, 6.45) is 1.94. The van der Waals surface area contributed by atoms with Crippen molar-refractivity contribution in [2.45, 2.75) is 25.7 Å². The number of hydrogen-bond donors (Lipinski definition) is 1. The van der Waals surface area contributed by atoms with Crippen molar-refractivity contribution in [3.63, 3.8) is 0 Å². The third kappa shape index (κ3) is 5.31. The van der Waals surface area contributed by atoms with Crippen LogP contribution in [0, 0.1) is 0 Å². The molecule has 0 bridgehead atoms. The molecule has 0 atom stereocenters. The van der Waals surface area contributed by atoms with E-state index in [0.717, 1.165) is 17.7 Å². The highest BCUT2D eigenvalue weighted by atomic mass is 16.5. The maximum Gasteiger partial charge on any atom is 0.337 e. The number of aryl methyl sites for hydroxylation is 3. The van der Waals surface area contributed by atoms with Gasteiger partial charge in [-0.25, -0.2) is 4.79 Å². The fourth-order valence-corrected chi connectivity index (χ4v) is 2.38. The summed E-state index contributed by atoms with van der Waals surface area (Å²) in [5.41, 5.74) is 2.90. The number of methoxy groups -OCH3 is 2. The quantitative estimate of drug-likeness (QED) is 0.777. The zero-order chi connectivity index (χ0) is 18.2. The van der Waals surface area contributed by atoms with Gasteiger partial charge in [-0.05, 0) is 42.7 Å². The van der Waals surface area contributed by atoms with Gasteiger partial charge in [0, 0.05) is 12.1 Å². The summed E-state index contributed by atoms with van der Waals surface area (Å²) in [7, 11) is 2.68. The van der Waals surface area contributed by atoms with Crippen LogP contribution in [0.1, 0.15) is 33.7 Å². The number of nitrogens with zero attached hydrogens (tertiary/aromatic N) is 1. The first-order valence-corrected chi connectivity index (χ1v) is 7.95. The lowest BCUT2D eigenvalue weighted by Crippen LogP contribution is -2.05. The molecule has 0 saturated carbocycles. The van der Waals surface area contributed by atoms with Gasteiger partial charge in [0.1, 0.15) is 5.75 Å². The fraction of sp³-hybridized carbons (Fsp3) is 0.316. The molecule has 1 N–H and O–H groups in total. The van der Waals surface area contributed by atoms with Gasteiger partial charge in [0.15, 0.2) is 0 Å². The number of rotatable bonds is 7. The standard InChI is InChI=1S/C19H21NO5/c1-24-18(22)12-10-16-17(21)11-9-15(20-16)8-5-13-3-6-14(7-4-13)19(23)25-2/h3-4,6-7,9,11,21H,5,8,10,12H2,1-2H3. The molecule has 6 heteroatoms. The Labute approximate surface area is 146 Å². The Kier molecular flexibility index (Phi) is 6.51. The minimum Gasteiger partial charge on any atom is -0.506 e. The molecule has 1 heterocycles. The van der Waals surface area contributed by atoms with Crippen LogP contribution in [0.2, 0.25) is 0 Å². The molecular formula is C19H21NO5. The molecule has 0 aliphatic carbocycles.